The summed E-state index contributed by atoms with van der Waals surface area (Å²) in [6.07, 6.45) is 2.14. The first kappa shape index (κ1) is 23.5. The summed E-state index contributed by atoms with van der Waals surface area (Å²) in [4.78, 5) is 29.3. The lowest BCUT2D eigenvalue weighted by Gasteiger charge is -2.11. The normalized spacial score (nSPS) is 10.9. The molecule has 0 radical (unpaired) electrons. The van der Waals surface area contributed by atoms with Crippen LogP contribution in [-0.2, 0) is 17.1 Å². The monoisotopic (exact) mass is 452 g/mol. The molecule has 2 N–H and O–H groups in total. The number of benzene rings is 1. The Balaban J connectivity index is 1.62. The van der Waals surface area contributed by atoms with Crippen molar-refractivity contribution in [3.63, 3.8) is 0 Å². The molecule has 7 nitrogen and oxygen atoms in total. The Bertz CT molecular complexity index is 1070. The average Bonchev–Trinajstić information content (AvgIpc) is 3.07. The van der Waals surface area contributed by atoms with Crippen LogP contribution in [0, 0.1) is 19.8 Å². The van der Waals surface area contributed by atoms with Crippen LogP contribution in [0.15, 0.2) is 52.1 Å². The van der Waals surface area contributed by atoms with Crippen LogP contribution in [0.5, 0.6) is 0 Å². The van der Waals surface area contributed by atoms with Crippen molar-refractivity contribution in [3.05, 3.63) is 70.7 Å². The molecular formula is C24H28N4O3S. The second-order valence-corrected chi connectivity index (χ2v) is 8.94. The standard InChI is InChI=1S/C24H28N4O3S/c1-15(2)11-22(29)27-19-8-5-7-18(12-19)13-26-23(30)20-9-6-10-25-24(20)32-14-21-16(3)28-31-17(21)4/h5-10,12,15H,11,13-14H2,1-4H3,(H,26,30)(H,27,29). The molecule has 0 spiro atoms. The molecule has 3 rings (SSSR count). The van der Waals surface area contributed by atoms with Crippen molar-refractivity contribution in [2.24, 2.45) is 5.92 Å². The maximum absolute atomic E-state index is 12.9. The van der Waals surface area contributed by atoms with Gasteiger partial charge in [-0.3, -0.25) is 9.59 Å². The minimum absolute atomic E-state index is 0.0171. The molecule has 0 aliphatic heterocycles. The van der Waals surface area contributed by atoms with Gasteiger partial charge < -0.3 is 15.2 Å². The van der Waals surface area contributed by atoms with Crippen LogP contribution in [0.3, 0.4) is 0 Å². The van der Waals surface area contributed by atoms with Crippen LogP contribution < -0.4 is 10.6 Å². The van der Waals surface area contributed by atoms with Gasteiger partial charge in [0.05, 0.1) is 11.3 Å². The Morgan fingerprint density at radius 3 is 2.69 bits per heavy atom. The van der Waals surface area contributed by atoms with Gasteiger partial charge in [-0.05, 0) is 49.6 Å². The first-order valence-electron chi connectivity index (χ1n) is 10.5. The fourth-order valence-electron chi connectivity index (χ4n) is 3.15. The lowest BCUT2D eigenvalue weighted by molar-refractivity contribution is -0.116. The molecule has 0 saturated heterocycles. The van der Waals surface area contributed by atoms with Gasteiger partial charge in [-0.25, -0.2) is 4.98 Å². The Hall–Kier alpha value is -3.13. The van der Waals surface area contributed by atoms with Crippen molar-refractivity contribution in [2.75, 3.05) is 5.32 Å². The first-order chi connectivity index (χ1) is 15.3. The molecular weight excluding hydrogens is 424 g/mol. The number of nitrogens with zero attached hydrogens (tertiary/aromatic N) is 2. The first-order valence-corrected chi connectivity index (χ1v) is 11.5. The Kier molecular flexibility index (Phi) is 8.05. The van der Waals surface area contributed by atoms with E-state index in [0.717, 1.165) is 28.3 Å². The van der Waals surface area contributed by atoms with Crippen molar-refractivity contribution < 1.29 is 14.1 Å². The lowest BCUT2D eigenvalue weighted by Crippen LogP contribution is -2.23. The van der Waals surface area contributed by atoms with Crippen LogP contribution in [0.4, 0.5) is 5.69 Å². The number of thioether (sulfide) groups is 1. The molecule has 0 bridgehead atoms. The van der Waals surface area contributed by atoms with Crippen LogP contribution in [0.1, 0.15) is 53.2 Å². The fourth-order valence-corrected chi connectivity index (χ4v) is 4.29. The summed E-state index contributed by atoms with van der Waals surface area (Å²) in [7, 11) is 0. The molecule has 3 aromatic rings. The van der Waals surface area contributed by atoms with E-state index < -0.39 is 0 Å². The molecule has 2 aromatic heterocycles. The zero-order valence-electron chi connectivity index (χ0n) is 18.8. The highest BCUT2D eigenvalue weighted by Crippen LogP contribution is 2.27. The van der Waals surface area contributed by atoms with Crippen LogP contribution in [0.2, 0.25) is 0 Å². The number of amides is 2. The molecule has 0 aliphatic rings. The largest absolute Gasteiger partial charge is 0.361 e. The quantitative estimate of drug-likeness (QED) is 0.449. The second kappa shape index (κ2) is 10.9. The van der Waals surface area contributed by atoms with E-state index in [4.69, 9.17) is 4.52 Å². The zero-order chi connectivity index (χ0) is 23.1. The maximum atomic E-state index is 12.9. The smallest absolute Gasteiger partial charge is 0.254 e. The summed E-state index contributed by atoms with van der Waals surface area (Å²) in [5.74, 6) is 1.47. The minimum atomic E-state index is -0.200. The van der Waals surface area contributed by atoms with Crippen molar-refractivity contribution in [1.82, 2.24) is 15.5 Å². The number of hydrogen-bond acceptors (Lipinski definition) is 6. The molecule has 1 aromatic carbocycles. The number of hydrogen-bond donors (Lipinski definition) is 2. The Labute approximate surface area is 192 Å². The third-order valence-corrected chi connectivity index (χ3v) is 5.84. The van der Waals surface area contributed by atoms with Gasteiger partial charge in [-0.15, -0.1) is 11.8 Å². The number of aryl methyl sites for hydroxylation is 2. The molecule has 0 aliphatic carbocycles. The van der Waals surface area contributed by atoms with Crippen molar-refractivity contribution in [1.29, 1.82) is 0 Å². The Morgan fingerprint density at radius 1 is 1.16 bits per heavy atom. The van der Waals surface area contributed by atoms with E-state index in [-0.39, 0.29) is 11.8 Å². The Morgan fingerprint density at radius 2 is 1.97 bits per heavy atom. The highest BCUT2D eigenvalue weighted by atomic mass is 32.2. The predicted octanol–water partition coefficient (Wildman–Crippen LogP) is 4.89. The topological polar surface area (TPSA) is 97.1 Å². The van der Waals surface area contributed by atoms with Crippen LogP contribution in [0.25, 0.3) is 0 Å². The van der Waals surface area contributed by atoms with Gasteiger partial charge in [0.15, 0.2) is 0 Å². The van der Waals surface area contributed by atoms with Gasteiger partial charge in [0.25, 0.3) is 5.91 Å². The summed E-state index contributed by atoms with van der Waals surface area (Å²) in [6, 6.07) is 11.0. The zero-order valence-corrected chi connectivity index (χ0v) is 19.6. The van der Waals surface area contributed by atoms with Gasteiger partial charge in [-0.2, -0.15) is 0 Å². The molecule has 32 heavy (non-hydrogen) atoms. The van der Waals surface area contributed by atoms with Gasteiger partial charge in [0.1, 0.15) is 10.8 Å². The van der Waals surface area contributed by atoms with Gasteiger partial charge in [-0.1, -0.05) is 31.1 Å². The van der Waals surface area contributed by atoms with E-state index in [2.05, 4.69) is 20.8 Å². The van der Waals surface area contributed by atoms with Gasteiger partial charge in [0, 0.05) is 36.2 Å². The van der Waals surface area contributed by atoms with Gasteiger partial charge in [0.2, 0.25) is 5.91 Å². The minimum Gasteiger partial charge on any atom is -0.361 e. The molecule has 2 amide bonds. The fraction of sp³-hybridized carbons (Fsp3) is 0.333. The summed E-state index contributed by atoms with van der Waals surface area (Å²) < 4.78 is 5.21. The average molecular weight is 453 g/mol. The summed E-state index contributed by atoms with van der Waals surface area (Å²) in [6.45, 7) is 8.13. The summed E-state index contributed by atoms with van der Waals surface area (Å²) in [5.41, 5.74) is 4.00. The number of rotatable bonds is 9. The van der Waals surface area contributed by atoms with E-state index in [1.807, 2.05) is 52.0 Å². The predicted molar refractivity (Wildman–Crippen MR) is 125 cm³/mol. The highest BCUT2D eigenvalue weighted by molar-refractivity contribution is 7.98. The van der Waals surface area contributed by atoms with Crippen molar-refractivity contribution in [2.45, 2.75) is 51.4 Å². The van der Waals surface area contributed by atoms with Crippen molar-refractivity contribution >= 4 is 29.3 Å². The second-order valence-electron chi connectivity index (χ2n) is 7.98. The third-order valence-electron chi connectivity index (χ3n) is 4.81. The number of carbonyl (C=O) groups is 2. The van der Waals surface area contributed by atoms with E-state index in [9.17, 15) is 9.59 Å². The van der Waals surface area contributed by atoms with Gasteiger partial charge >= 0.3 is 0 Å². The molecule has 0 unspecified atom stereocenters. The van der Waals surface area contributed by atoms with E-state index in [0.29, 0.717) is 35.2 Å². The maximum Gasteiger partial charge on any atom is 0.254 e. The number of pyridine rings is 1. The van der Waals surface area contributed by atoms with E-state index in [1.54, 1.807) is 18.3 Å². The van der Waals surface area contributed by atoms with E-state index >= 15 is 0 Å². The van der Waals surface area contributed by atoms with Crippen LogP contribution in [-0.4, -0.2) is 22.0 Å². The number of anilines is 1. The molecule has 0 fully saturated rings. The SMILES string of the molecule is Cc1noc(C)c1CSc1ncccc1C(=O)NCc1cccc(NC(=O)CC(C)C)c1. The third kappa shape index (κ3) is 6.43. The van der Waals surface area contributed by atoms with Crippen molar-refractivity contribution in [3.8, 4) is 0 Å². The number of carbonyl (C=O) groups excluding carboxylic acids is 2. The molecule has 0 saturated carbocycles. The summed E-state index contributed by atoms with van der Waals surface area (Å²) >= 11 is 1.48. The molecule has 8 heteroatoms. The number of nitrogens with one attached hydrogen (secondary N) is 2. The van der Waals surface area contributed by atoms with E-state index in [1.165, 1.54) is 11.8 Å². The molecule has 2 heterocycles. The molecule has 168 valence electrons. The number of aromatic nitrogens is 2. The van der Waals surface area contributed by atoms with Crippen LogP contribution >= 0.6 is 11.8 Å². The lowest BCUT2D eigenvalue weighted by atomic mass is 10.1. The summed E-state index contributed by atoms with van der Waals surface area (Å²) in [5, 5.41) is 10.5. The molecule has 0 atom stereocenters. The highest BCUT2D eigenvalue weighted by Gasteiger charge is 2.15.